The van der Waals surface area contributed by atoms with E-state index in [0.29, 0.717) is 25.0 Å². The number of hydrogen-bond acceptors (Lipinski definition) is 3. The van der Waals surface area contributed by atoms with E-state index in [-0.39, 0.29) is 0 Å². The van der Waals surface area contributed by atoms with Gasteiger partial charge in [0.2, 0.25) is 11.8 Å². The molecule has 0 N–H and O–H groups in total. The minimum absolute atomic E-state index is 0.604. The van der Waals surface area contributed by atoms with E-state index in [9.17, 15) is 0 Å². The van der Waals surface area contributed by atoms with Crippen molar-refractivity contribution in [2.24, 2.45) is 0 Å². The van der Waals surface area contributed by atoms with Crippen molar-refractivity contribution in [1.29, 1.82) is 0 Å². The van der Waals surface area contributed by atoms with Crippen LogP contribution in [0.15, 0.2) is 30.3 Å². The summed E-state index contributed by atoms with van der Waals surface area (Å²) in [6.07, 6.45) is 0. The van der Waals surface area contributed by atoms with Crippen molar-refractivity contribution in [1.82, 2.24) is 4.98 Å². The number of fused-ring (bicyclic) bond motifs is 1. The Balaban J connectivity index is 2.54. The molecule has 0 amide bonds. The van der Waals surface area contributed by atoms with Crippen LogP contribution in [0.4, 0.5) is 0 Å². The lowest BCUT2D eigenvalue weighted by Crippen LogP contribution is -1.99. The number of rotatable bonds is 4. The molecule has 3 heteroatoms. The number of nitrogens with zero attached hydrogens (tertiary/aromatic N) is 1. The van der Waals surface area contributed by atoms with E-state index in [1.807, 2.05) is 44.2 Å². The highest BCUT2D eigenvalue weighted by atomic mass is 16.5. The quantitative estimate of drug-likeness (QED) is 0.788. The van der Waals surface area contributed by atoms with Gasteiger partial charge in [-0.3, -0.25) is 0 Å². The molecule has 0 atom stereocenters. The van der Waals surface area contributed by atoms with E-state index in [0.717, 1.165) is 10.8 Å². The third-order valence-electron chi connectivity index (χ3n) is 2.26. The van der Waals surface area contributed by atoms with Gasteiger partial charge in [-0.15, -0.1) is 0 Å². The summed E-state index contributed by atoms with van der Waals surface area (Å²) in [6.45, 7) is 5.10. The SMILES string of the molecule is CCOc1cc2ccccc2c(OCC)n1. The summed E-state index contributed by atoms with van der Waals surface area (Å²) in [4.78, 5) is 4.34. The summed E-state index contributed by atoms with van der Waals surface area (Å²) < 4.78 is 10.9. The Bertz CT molecular complexity index is 482. The van der Waals surface area contributed by atoms with Gasteiger partial charge in [-0.05, 0) is 25.3 Å². The third kappa shape index (κ3) is 2.08. The Labute approximate surface area is 95.0 Å². The number of ether oxygens (including phenoxy) is 2. The highest BCUT2D eigenvalue weighted by Gasteiger charge is 2.06. The average Bonchev–Trinajstić information content (AvgIpc) is 2.30. The zero-order valence-electron chi connectivity index (χ0n) is 9.56. The fourth-order valence-electron chi connectivity index (χ4n) is 1.61. The van der Waals surface area contributed by atoms with Gasteiger partial charge in [0.15, 0.2) is 0 Å². The Morgan fingerprint density at radius 3 is 2.56 bits per heavy atom. The van der Waals surface area contributed by atoms with E-state index >= 15 is 0 Å². The second kappa shape index (κ2) is 4.84. The molecule has 0 aliphatic carbocycles. The number of benzene rings is 1. The first-order valence-electron chi connectivity index (χ1n) is 5.50. The first kappa shape index (κ1) is 10.7. The van der Waals surface area contributed by atoms with E-state index in [1.165, 1.54) is 0 Å². The Hall–Kier alpha value is -1.77. The molecule has 2 rings (SSSR count). The maximum Gasteiger partial charge on any atom is 0.224 e. The van der Waals surface area contributed by atoms with Crippen LogP contribution in [0, 0.1) is 0 Å². The highest BCUT2D eigenvalue weighted by molar-refractivity contribution is 5.87. The van der Waals surface area contributed by atoms with Crippen LogP contribution in [-0.4, -0.2) is 18.2 Å². The Morgan fingerprint density at radius 2 is 1.81 bits per heavy atom. The van der Waals surface area contributed by atoms with Gasteiger partial charge in [-0.2, -0.15) is 4.98 Å². The molecular formula is C13H15NO2. The summed E-state index contributed by atoms with van der Waals surface area (Å²) in [5.74, 6) is 1.26. The molecule has 0 aliphatic heterocycles. The normalized spacial score (nSPS) is 10.4. The lowest BCUT2D eigenvalue weighted by atomic mass is 10.2. The first-order chi connectivity index (χ1) is 7.85. The van der Waals surface area contributed by atoms with E-state index in [1.54, 1.807) is 0 Å². The number of pyridine rings is 1. The van der Waals surface area contributed by atoms with Gasteiger partial charge in [0.1, 0.15) is 0 Å². The van der Waals surface area contributed by atoms with Crippen molar-refractivity contribution in [2.75, 3.05) is 13.2 Å². The van der Waals surface area contributed by atoms with E-state index in [4.69, 9.17) is 9.47 Å². The molecular weight excluding hydrogens is 202 g/mol. The fourth-order valence-corrected chi connectivity index (χ4v) is 1.61. The van der Waals surface area contributed by atoms with Crippen molar-refractivity contribution in [3.8, 4) is 11.8 Å². The summed E-state index contributed by atoms with van der Waals surface area (Å²) in [5.41, 5.74) is 0. The first-order valence-corrected chi connectivity index (χ1v) is 5.50. The molecule has 0 unspecified atom stereocenters. The van der Waals surface area contributed by atoms with E-state index in [2.05, 4.69) is 4.98 Å². The Morgan fingerprint density at radius 1 is 1.06 bits per heavy atom. The molecule has 0 bridgehead atoms. The van der Waals surface area contributed by atoms with Crippen LogP contribution in [0.1, 0.15) is 13.8 Å². The summed E-state index contributed by atoms with van der Waals surface area (Å²) in [5, 5.41) is 2.11. The molecule has 3 nitrogen and oxygen atoms in total. The largest absolute Gasteiger partial charge is 0.478 e. The molecule has 0 saturated heterocycles. The van der Waals surface area contributed by atoms with Crippen molar-refractivity contribution in [3.05, 3.63) is 30.3 Å². The fraction of sp³-hybridized carbons (Fsp3) is 0.308. The third-order valence-corrected chi connectivity index (χ3v) is 2.26. The van der Waals surface area contributed by atoms with Crippen molar-refractivity contribution in [2.45, 2.75) is 13.8 Å². The molecule has 16 heavy (non-hydrogen) atoms. The summed E-state index contributed by atoms with van der Waals surface area (Å²) >= 11 is 0. The van der Waals surface area contributed by atoms with Crippen LogP contribution in [0.5, 0.6) is 11.8 Å². The monoisotopic (exact) mass is 217 g/mol. The molecule has 0 spiro atoms. The van der Waals surface area contributed by atoms with Crippen LogP contribution in [0.2, 0.25) is 0 Å². The van der Waals surface area contributed by atoms with Crippen LogP contribution in [-0.2, 0) is 0 Å². The average molecular weight is 217 g/mol. The molecule has 1 aromatic heterocycles. The highest BCUT2D eigenvalue weighted by Crippen LogP contribution is 2.27. The summed E-state index contributed by atoms with van der Waals surface area (Å²) in [7, 11) is 0. The smallest absolute Gasteiger partial charge is 0.224 e. The predicted molar refractivity (Wildman–Crippen MR) is 64.1 cm³/mol. The van der Waals surface area contributed by atoms with Crippen molar-refractivity contribution in [3.63, 3.8) is 0 Å². The molecule has 0 aliphatic rings. The lowest BCUT2D eigenvalue weighted by molar-refractivity contribution is 0.302. The van der Waals surface area contributed by atoms with Gasteiger partial charge in [-0.25, -0.2) is 0 Å². The van der Waals surface area contributed by atoms with Crippen LogP contribution in [0.3, 0.4) is 0 Å². The van der Waals surface area contributed by atoms with Crippen molar-refractivity contribution < 1.29 is 9.47 Å². The van der Waals surface area contributed by atoms with Crippen LogP contribution >= 0.6 is 0 Å². The van der Waals surface area contributed by atoms with Crippen molar-refractivity contribution >= 4 is 10.8 Å². The van der Waals surface area contributed by atoms with Gasteiger partial charge in [0, 0.05) is 11.5 Å². The summed E-state index contributed by atoms with van der Waals surface area (Å²) in [6, 6.07) is 9.94. The maximum absolute atomic E-state index is 5.52. The van der Waals surface area contributed by atoms with Gasteiger partial charge in [0.05, 0.1) is 13.2 Å². The molecule has 0 fully saturated rings. The molecule has 2 aromatic rings. The Kier molecular flexibility index (Phi) is 3.25. The molecule has 1 aromatic carbocycles. The molecule has 84 valence electrons. The van der Waals surface area contributed by atoms with Gasteiger partial charge in [0.25, 0.3) is 0 Å². The minimum Gasteiger partial charge on any atom is -0.478 e. The second-order valence-corrected chi connectivity index (χ2v) is 3.35. The predicted octanol–water partition coefficient (Wildman–Crippen LogP) is 3.03. The van der Waals surface area contributed by atoms with E-state index < -0.39 is 0 Å². The van der Waals surface area contributed by atoms with Gasteiger partial charge in [-0.1, -0.05) is 18.2 Å². The minimum atomic E-state index is 0.604. The maximum atomic E-state index is 5.52. The van der Waals surface area contributed by atoms with Crippen LogP contribution < -0.4 is 9.47 Å². The number of aromatic nitrogens is 1. The number of hydrogen-bond donors (Lipinski definition) is 0. The topological polar surface area (TPSA) is 31.4 Å². The standard InChI is InChI=1S/C13H15NO2/c1-3-15-12-9-10-7-5-6-8-11(10)13(14-12)16-4-2/h5-9H,3-4H2,1-2H3. The zero-order valence-corrected chi connectivity index (χ0v) is 9.56. The van der Waals surface area contributed by atoms with Crippen LogP contribution in [0.25, 0.3) is 10.8 Å². The lowest BCUT2D eigenvalue weighted by Gasteiger charge is -2.09. The molecule has 0 saturated carbocycles. The zero-order chi connectivity index (χ0) is 11.4. The van der Waals surface area contributed by atoms with Gasteiger partial charge >= 0.3 is 0 Å². The second-order valence-electron chi connectivity index (χ2n) is 3.35. The molecule has 0 radical (unpaired) electrons. The molecule has 1 heterocycles. The van der Waals surface area contributed by atoms with Gasteiger partial charge < -0.3 is 9.47 Å².